The number of nitrogens with one attached hydrogen (secondary N) is 1. The van der Waals surface area contributed by atoms with Crippen LogP contribution in [0.3, 0.4) is 0 Å². The van der Waals surface area contributed by atoms with E-state index in [1.54, 1.807) is 12.1 Å². The number of nitrogens with zero attached hydrogens (tertiary/aromatic N) is 2. The highest BCUT2D eigenvalue weighted by Gasteiger charge is 2.32. The Labute approximate surface area is 180 Å². The van der Waals surface area contributed by atoms with Crippen LogP contribution >= 0.6 is 0 Å². The molecule has 2 heterocycles. The Kier molecular flexibility index (Phi) is 6.13. The van der Waals surface area contributed by atoms with E-state index in [1.165, 1.54) is 12.1 Å². The quantitative estimate of drug-likeness (QED) is 0.568. The minimum atomic E-state index is -0.976. The van der Waals surface area contributed by atoms with Crippen molar-refractivity contribution in [1.29, 1.82) is 0 Å². The Balaban J connectivity index is 1.48. The van der Waals surface area contributed by atoms with Crippen molar-refractivity contribution in [3.63, 3.8) is 0 Å². The summed E-state index contributed by atoms with van der Waals surface area (Å²) in [5.74, 6) is -0.300. The first kappa shape index (κ1) is 20.8. The summed E-state index contributed by atoms with van der Waals surface area (Å²) in [7, 11) is 0. The van der Waals surface area contributed by atoms with Crippen LogP contribution in [0.25, 0.3) is 11.3 Å². The molecule has 160 valence electrons. The molecule has 0 saturated carbocycles. The summed E-state index contributed by atoms with van der Waals surface area (Å²) in [6, 6.07) is 15.6. The molecule has 0 aliphatic carbocycles. The molecule has 1 aromatic heterocycles. The molecular weight excluding hydrogens is 392 g/mol. The molecule has 0 spiro atoms. The van der Waals surface area contributed by atoms with Gasteiger partial charge in [-0.1, -0.05) is 42.5 Å². The van der Waals surface area contributed by atoms with Crippen LogP contribution in [-0.2, 0) is 11.2 Å². The van der Waals surface area contributed by atoms with E-state index in [9.17, 15) is 9.59 Å². The van der Waals surface area contributed by atoms with Gasteiger partial charge in [0.15, 0.2) is 0 Å². The summed E-state index contributed by atoms with van der Waals surface area (Å²) in [5, 5.41) is 9.03. The second kappa shape index (κ2) is 9.14. The molecule has 0 bridgehead atoms. The Morgan fingerprint density at radius 2 is 1.87 bits per heavy atom. The van der Waals surface area contributed by atoms with Gasteiger partial charge in [-0.05, 0) is 48.9 Å². The van der Waals surface area contributed by atoms with E-state index in [4.69, 9.17) is 10.8 Å². The van der Waals surface area contributed by atoms with Gasteiger partial charge < -0.3 is 20.7 Å². The number of carbonyl (C=O) groups excluding carboxylic acids is 1. The summed E-state index contributed by atoms with van der Waals surface area (Å²) in [4.78, 5) is 34.0. The maximum atomic E-state index is 13.2. The number of carbonyl (C=O) groups is 2. The Morgan fingerprint density at radius 3 is 2.58 bits per heavy atom. The number of carboxylic acids is 1. The molecular formula is C24H26N4O3. The molecule has 1 aliphatic rings. The molecule has 7 heteroatoms. The van der Waals surface area contributed by atoms with Gasteiger partial charge in [-0.2, -0.15) is 0 Å². The Bertz CT molecular complexity index is 1050. The maximum absolute atomic E-state index is 13.2. The average molecular weight is 418 g/mol. The number of imidazole rings is 1. The summed E-state index contributed by atoms with van der Waals surface area (Å²) in [6.07, 6.45) is 4.98. The molecule has 4 rings (SSSR count). The van der Waals surface area contributed by atoms with Crippen molar-refractivity contribution < 1.29 is 14.7 Å². The van der Waals surface area contributed by atoms with Gasteiger partial charge in [0.25, 0.3) is 0 Å². The second-order valence-corrected chi connectivity index (χ2v) is 7.90. The number of piperidine rings is 1. The Morgan fingerprint density at radius 1 is 1.13 bits per heavy atom. The predicted molar refractivity (Wildman–Crippen MR) is 117 cm³/mol. The number of benzene rings is 2. The monoisotopic (exact) mass is 418 g/mol. The SMILES string of the molecule is N[C@@H](Cc1ccc(C(=O)O)cc1)C(=O)N1CCCC[C@H]1c1ncc(-c2ccccc2)[nH]1. The first-order chi connectivity index (χ1) is 15.0. The third kappa shape index (κ3) is 4.67. The van der Waals surface area contributed by atoms with Gasteiger partial charge in [0.2, 0.25) is 5.91 Å². The van der Waals surface area contributed by atoms with Crippen LogP contribution < -0.4 is 5.73 Å². The molecule has 1 saturated heterocycles. The predicted octanol–water partition coefficient (Wildman–Crippen LogP) is 3.40. The van der Waals surface area contributed by atoms with Crippen molar-refractivity contribution in [1.82, 2.24) is 14.9 Å². The zero-order valence-electron chi connectivity index (χ0n) is 17.2. The number of aromatic carboxylic acids is 1. The van der Waals surface area contributed by atoms with Crippen LogP contribution in [0.2, 0.25) is 0 Å². The van der Waals surface area contributed by atoms with E-state index in [0.717, 1.165) is 41.9 Å². The van der Waals surface area contributed by atoms with Crippen LogP contribution in [0.15, 0.2) is 60.8 Å². The first-order valence-electron chi connectivity index (χ1n) is 10.5. The minimum absolute atomic E-state index is 0.107. The lowest BCUT2D eigenvalue weighted by Crippen LogP contribution is -2.48. The van der Waals surface area contributed by atoms with Gasteiger partial charge in [-0.25, -0.2) is 9.78 Å². The van der Waals surface area contributed by atoms with Gasteiger partial charge in [0.05, 0.1) is 29.5 Å². The number of aromatic nitrogens is 2. The number of nitrogens with two attached hydrogens (primary N) is 1. The van der Waals surface area contributed by atoms with Gasteiger partial charge in [-0.15, -0.1) is 0 Å². The van der Waals surface area contributed by atoms with Crippen molar-refractivity contribution in [3.05, 3.63) is 77.7 Å². The van der Waals surface area contributed by atoms with Crippen LogP contribution in [-0.4, -0.2) is 44.4 Å². The number of aromatic amines is 1. The second-order valence-electron chi connectivity index (χ2n) is 7.90. The molecule has 2 aromatic carbocycles. The number of amides is 1. The van der Waals surface area contributed by atoms with Crippen molar-refractivity contribution in [2.24, 2.45) is 5.73 Å². The number of H-pyrrole nitrogens is 1. The summed E-state index contributed by atoms with van der Waals surface area (Å²) >= 11 is 0. The van der Waals surface area contributed by atoms with Crippen LogP contribution in [0.5, 0.6) is 0 Å². The fraction of sp³-hybridized carbons (Fsp3) is 0.292. The van der Waals surface area contributed by atoms with Crippen molar-refractivity contribution in [3.8, 4) is 11.3 Å². The zero-order chi connectivity index (χ0) is 21.8. The lowest BCUT2D eigenvalue weighted by atomic mass is 9.98. The van der Waals surface area contributed by atoms with Gasteiger partial charge >= 0.3 is 5.97 Å². The molecule has 1 aliphatic heterocycles. The van der Waals surface area contributed by atoms with E-state index in [-0.39, 0.29) is 17.5 Å². The molecule has 0 radical (unpaired) electrons. The lowest BCUT2D eigenvalue weighted by molar-refractivity contribution is -0.136. The number of hydrogen-bond acceptors (Lipinski definition) is 4. The fourth-order valence-electron chi connectivity index (χ4n) is 4.09. The smallest absolute Gasteiger partial charge is 0.335 e. The van der Waals surface area contributed by atoms with Crippen LogP contribution in [0.4, 0.5) is 0 Å². The molecule has 0 unspecified atom stereocenters. The fourth-order valence-corrected chi connectivity index (χ4v) is 4.09. The number of likely N-dealkylation sites (tertiary alicyclic amines) is 1. The summed E-state index contributed by atoms with van der Waals surface area (Å²) in [5.41, 5.74) is 9.31. The highest BCUT2D eigenvalue weighted by Crippen LogP contribution is 2.31. The van der Waals surface area contributed by atoms with Crippen molar-refractivity contribution >= 4 is 11.9 Å². The third-order valence-corrected chi connectivity index (χ3v) is 5.76. The average Bonchev–Trinajstić information content (AvgIpc) is 3.30. The van der Waals surface area contributed by atoms with Gasteiger partial charge in [0.1, 0.15) is 5.82 Å². The highest BCUT2D eigenvalue weighted by atomic mass is 16.4. The number of carboxylic acid groups (broad SMARTS) is 1. The molecule has 4 N–H and O–H groups in total. The molecule has 1 fully saturated rings. The standard InChI is InChI=1S/C24H26N4O3/c25-19(14-16-9-11-18(12-10-16)24(30)31)23(29)28-13-5-4-8-21(28)22-26-15-20(27-22)17-6-2-1-3-7-17/h1-3,6-7,9-12,15,19,21H,4-5,8,13-14,25H2,(H,26,27)(H,30,31)/t19-,21-/m0/s1. The maximum Gasteiger partial charge on any atom is 0.335 e. The highest BCUT2D eigenvalue weighted by molar-refractivity contribution is 5.87. The molecule has 7 nitrogen and oxygen atoms in total. The van der Waals surface area contributed by atoms with E-state index in [1.807, 2.05) is 41.4 Å². The van der Waals surface area contributed by atoms with E-state index in [2.05, 4.69) is 9.97 Å². The minimum Gasteiger partial charge on any atom is -0.478 e. The van der Waals surface area contributed by atoms with E-state index >= 15 is 0 Å². The molecule has 3 aromatic rings. The normalized spacial score (nSPS) is 17.3. The van der Waals surface area contributed by atoms with Crippen molar-refractivity contribution in [2.75, 3.05) is 6.54 Å². The van der Waals surface area contributed by atoms with Crippen LogP contribution in [0.1, 0.15) is 47.1 Å². The largest absolute Gasteiger partial charge is 0.478 e. The number of rotatable bonds is 6. The number of hydrogen-bond donors (Lipinski definition) is 3. The van der Waals surface area contributed by atoms with Gasteiger partial charge in [0, 0.05) is 6.54 Å². The summed E-state index contributed by atoms with van der Waals surface area (Å²) in [6.45, 7) is 0.649. The molecule has 2 atom stereocenters. The Hall–Kier alpha value is -3.45. The van der Waals surface area contributed by atoms with E-state index < -0.39 is 12.0 Å². The van der Waals surface area contributed by atoms with Gasteiger partial charge in [-0.3, -0.25) is 4.79 Å². The van der Waals surface area contributed by atoms with E-state index in [0.29, 0.717) is 13.0 Å². The lowest BCUT2D eigenvalue weighted by Gasteiger charge is -2.36. The van der Waals surface area contributed by atoms with Crippen molar-refractivity contribution in [2.45, 2.75) is 37.8 Å². The third-order valence-electron chi connectivity index (χ3n) is 5.76. The first-order valence-corrected chi connectivity index (χ1v) is 10.5. The molecule has 1 amide bonds. The van der Waals surface area contributed by atoms with Crippen LogP contribution in [0, 0.1) is 0 Å². The topological polar surface area (TPSA) is 112 Å². The molecule has 31 heavy (non-hydrogen) atoms. The zero-order valence-corrected chi connectivity index (χ0v) is 17.2. The summed E-state index contributed by atoms with van der Waals surface area (Å²) < 4.78 is 0.